The molecule has 4 fully saturated rings. The Bertz CT molecular complexity index is 877. The van der Waals surface area contributed by atoms with Crippen molar-refractivity contribution in [3.8, 4) is 0 Å². The molecule has 0 unspecified atom stereocenters. The van der Waals surface area contributed by atoms with E-state index in [4.69, 9.17) is 28.4 Å². The summed E-state index contributed by atoms with van der Waals surface area (Å²) in [5.74, 6) is -1.95. The number of fused-ring (bicyclic) bond motifs is 6. The molecule has 0 saturated carbocycles. The van der Waals surface area contributed by atoms with Crippen molar-refractivity contribution in [1.82, 2.24) is 0 Å². The van der Waals surface area contributed by atoms with Gasteiger partial charge in [-0.15, -0.1) is 0 Å². The fraction of sp³-hybridized carbons (Fsp3) is 0.903. The molecule has 228 valence electrons. The van der Waals surface area contributed by atoms with Crippen LogP contribution >= 0.6 is 0 Å². The van der Waals surface area contributed by atoms with Gasteiger partial charge in [0.25, 0.3) is 0 Å². The zero-order valence-electron chi connectivity index (χ0n) is 25.2. The molecule has 12 atom stereocenters. The lowest BCUT2D eigenvalue weighted by molar-refractivity contribution is -0.162. The minimum Gasteiger partial charge on any atom is -0.462 e. The van der Waals surface area contributed by atoms with E-state index < -0.39 is 0 Å². The Kier molecular flexibility index (Phi) is 10.9. The number of carbonyl (C=O) groups is 3. The van der Waals surface area contributed by atoms with Gasteiger partial charge in [-0.25, -0.2) is 0 Å². The highest BCUT2D eigenvalue weighted by Gasteiger charge is 2.40. The quantitative estimate of drug-likeness (QED) is 0.323. The Hall–Kier alpha value is -1.71. The van der Waals surface area contributed by atoms with E-state index in [2.05, 4.69) is 0 Å². The summed E-state index contributed by atoms with van der Waals surface area (Å²) in [6, 6.07) is 0. The molecule has 4 saturated heterocycles. The highest BCUT2D eigenvalue weighted by Crippen LogP contribution is 2.34. The molecule has 0 aromatic carbocycles. The Labute approximate surface area is 239 Å². The molecule has 0 aromatic heterocycles. The molecule has 4 aliphatic heterocycles. The fourth-order valence-electron chi connectivity index (χ4n) is 6.59. The standard InChI is InChI=1S/C31H50O9/c1-7-22-16-25-10-13-27(39-25)20(5)30(33)36-17(2)14-23-8-11-26(37-23)19(4)29(32)35-18(3)15-24-9-12-28(38-24)21(6)31(34)40-22/h17-28H,7-16H2,1-6H3/t17-,18-,19+,20+,21+,22-,23-,24-,25-,26+,27+,28+/m1/s1. The van der Waals surface area contributed by atoms with Gasteiger partial charge in [0.15, 0.2) is 0 Å². The van der Waals surface area contributed by atoms with Crippen LogP contribution in [0.5, 0.6) is 0 Å². The number of hydrogen-bond donors (Lipinski definition) is 0. The Morgan fingerprint density at radius 2 is 0.875 bits per heavy atom. The van der Waals surface area contributed by atoms with Gasteiger partial charge in [-0.2, -0.15) is 0 Å². The summed E-state index contributed by atoms with van der Waals surface area (Å²) in [5.41, 5.74) is 0. The third-order valence-electron chi connectivity index (χ3n) is 9.30. The van der Waals surface area contributed by atoms with Gasteiger partial charge in [-0.3, -0.25) is 14.4 Å². The Morgan fingerprint density at radius 1 is 0.525 bits per heavy atom. The minimum atomic E-state index is -0.387. The third kappa shape index (κ3) is 7.97. The number of ether oxygens (including phenoxy) is 6. The Morgan fingerprint density at radius 3 is 1.25 bits per heavy atom. The molecule has 0 spiro atoms. The molecule has 6 bridgehead atoms. The average molecular weight is 567 g/mol. The van der Waals surface area contributed by atoms with Crippen molar-refractivity contribution in [2.75, 3.05) is 0 Å². The van der Waals surface area contributed by atoms with Gasteiger partial charge < -0.3 is 28.4 Å². The maximum Gasteiger partial charge on any atom is 0.311 e. The van der Waals surface area contributed by atoms with Gasteiger partial charge in [0.2, 0.25) is 0 Å². The second-order valence-electron chi connectivity index (χ2n) is 12.7. The van der Waals surface area contributed by atoms with E-state index in [0.29, 0.717) is 25.7 Å². The molecule has 0 N–H and O–H groups in total. The van der Waals surface area contributed by atoms with Crippen molar-refractivity contribution in [2.24, 2.45) is 17.8 Å². The monoisotopic (exact) mass is 566 g/mol. The van der Waals surface area contributed by atoms with Crippen molar-refractivity contribution in [3.05, 3.63) is 0 Å². The van der Waals surface area contributed by atoms with Crippen LogP contribution in [-0.2, 0) is 42.8 Å². The van der Waals surface area contributed by atoms with E-state index >= 15 is 0 Å². The summed E-state index contributed by atoms with van der Waals surface area (Å²) < 4.78 is 36.2. The van der Waals surface area contributed by atoms with E-state index in [0.717, 1.165) is 38.5 Å². The molecular weight excluding hydrogens is 516 g/mol. The van der Waals surface area contributed by atoms with Crippen LogP contribution in [0.1, 0.15) is 106 Å². The van der Waals surface area contributed by atoms with Crippen molar-refractivity contribution in [1.29, 1.82) is 0 Å². The van der Waals surface area contributed by atoms with Crippen LogP contribution in [0.2, 0.25) is 0 Å². The smallest absolute Gasteiger partial charge is 0.311 e. The zero-order chi connectivity index (χ0) is 29.0. The number of hydrogen-bond acceptors (Lipinski definition) is 9. The molecule has 9 heteroatoms. The number of esters is 3. The highest BCUT2D eigenvalue weighted by molar-refractivity contribution is 5.74. The van der Waals surface area contributed by atoms with Crippen molar-refractivity contribution < 1.29 is 42.8 Å². The van der Waals surface area contributed by atoms with Gasteiger partial charge in [-0.05, 0) is 79.6 Å². The van der Waals surface area contributed by atoms with Crippen LogP contribution in [0.4, 0.5) is 0 Å². The SMILES string of the molecule is CC[C@@H]1C[C@H]2CC[C@H](O2)[C@H](C)C(=O)O[C@H](C)C[C@H]2CC[C@H](O2)[C@H](C)C(=O)O[C@H](C)C[C@H]2CC[C@H](O2)[C@H](C)C(=O)O1. The summed E-state index contributed by atoms with van der Waals surface area (Å²) in [5, 5.41) is 0. The van der Waals surface area contributed by atoms with E-state index in [-0.39, 0.29) is 90.6 Å². The summed E-state index contributed by atoms with van der Waals surface area (Å²) in [4.78, 5) is 38.9. The normalized spacial score (nSPS) is 44.4. The molecule has 4 heterocycles. The van der Waals surface area contributed by atoms with E-state index in [1.165, 1.54) is 0 Å². The highest BCUT2D eigenvalue weighted by atomic mass is 16.6. The molecule has 40 heavy (non-hydrogen) atoms. The fourth-order valence-corrected chi connectivity index (χ4v) is 6.59. The molecule has 0 aromatic rings. The summed E-state index contributed by atoms with van der Waals surface area (Å²) in [7, 11) is 0. The maximum absolute atomic E-state index is 13.0. The van der Waals surface area contributed by atoms with Crippen LogP contribution in [0, 0.1) is 17.8 Å². The van der Waals surface area contributed by atoms with E-state index in [1.807, 2.05) is 41.5 Å². The number of rotatable bonds is 1. The van der Waals surface area contributed by atoms with Gasteiger partial charge in [0.1, 0.15) is 18.3 Å². The molecule has 9 nitrogen and oxygen atoms in total. The molecule has 4 aliphatic rings. The van der Waals surface area contributed by atoms with Gasteiger partial charge in [0.05, 0.1) is 54.4 Å². The van der Waals surface area contributed by atoms with Crippen molar-refractivity contribution >= 4 is 17.9 Å². The lowest BCUT2D eigenvalue weighted by atomic mass is 10.00. The van der Waals surface area contributed by atoms with Crippen LogP contribution < -0.4 is 0 Å². The van der Waals surface area contributed by atoms with Crippen LogP contribution in [0.3, 0.4) is 0 Å². The predicted molar refractivity (Wildman–Crippen MR) is 146 cm³/mol. The first kappa shape index (κ1) is 31.2. The summed E-state index contributed by atoms with van der Waals surface area (Å²) >= 11 is 0. The molecule has 0 radical (unpaired) electrons. The number of carbonyl (C=O) groups excluding carboxylic acids is 3. The van der Waals surface area contributed by atoms with Crippen molar-refractivity contribution in [2.45, 2.75) is 161 Å². The first-order valence-corrected chi connectivity index (χ1v) is 15.6. The molecule has 0 amide bonds. The third-order valence-corrected chi connectivity index (χ3v) is 9.30. The van der Waals surface area contributed by atoms with Crippen LogP contribution in [0.15, 0.2) is 0 Å². The second kappa shape index (κ2) is 14.0. The predicted octanol–water partition coefficient (Wildman–Crippen LogP) is 4.91. The molecule has 4 rings (SSSR count). The maximum atomic E-state index is 13.0. The second-order valence-corrected chi connectivity index (χ2v) is 12.7. The lowest BCUT2D eigenvalue weighted by Crippen LogP contribution is -2.34. The minimum absolute atomic E-state index is 0.0570. The van der Waals surface area contributed by atoms with Gasteiger partial charge in [-0.1, -0.05) is 6.92 Å². The topological polar surface area (TPSA) is 107 Å². The average Bonchev–Trinajstić information content (AvgIpc) is 3.68. The first-order chi connectivity index (χ1) is 19.0. The zero-order valence-corrected chi connectivity index (χ0v) is 25.2. The van der Waals surface area contributed by atoms with E-state index in [9.17, 15) is 14.4 Å². The van der Waals surface area contributed by atoms with Crippen LogP contribution in [0.25, 0.3) is 0 Å². The van der Waals surface area contributed by atoms with Gasteiger partial charge >= 0.3 is 17.9 Å². The van der Waals surface area contributed by atoms with Crippen LogP contribution in [-0.4, -0.2) is 72.8 Å². The molecule has 0 aliphatic carbocycles. The summed E-state index contributed by atoms with van der Waals surface area (Å²) in [6.07, 6.45) is 5.56. The lowest BCUT2D eigenvalue weighted by Gasteiger charge is -2.26. The largest absolute Gasteiger partial charge is 0.462 e. The van der Waals surface area contributed by atoms with Crippen molar-refractivity contribution in [3.63, 3.8) is 0 Å². The summed E-state index contributed by atoms with van der Waals surface area (Å²) in [6.45, 7) is 11.4. The first-order valence-electron chi connectivity index (χ1n) is 15.6. The van der Waals surface area contributed by atoms with E-state index in [1.54, 1.807) is 0 Å². The number of cyclic esters (lactones) is 3. The molecular formula is C31H50O9. The Balaban J connectivity index is 1.43. The van der Waals surface area contributed by atoms with Gasteiger partial charge in [0, 0.05) is 19.3 Å².